The maximum absolute atomic E-state index is 13.4. The number of rotatable bonds is 4. The number of carbonyl (C=O) groups excluding carboxylic acids is 1. The number of benzene rings is 1. The lowest BCUT2D eigenvalue weighted by Gasteiger charge is -2.57. The highest BCUT2D eigenvalue weighted by molar-refractivity contribution is 5.95. The number of methoxy groups -OCH3 is 1. The molecule has 1 amide bonds. The zero-order valence-corrected chi connectivity index (χ0v) is 20.7. The van der Waals surface area contributed by atoms with Crippen molar-refractivity contribution < 1.29 is 19.0 Å². The van der Waals surface area contributed by atoms with Gasteiger partial charge >= 0.3 is 0 Å². The molecule has 0 aromatic heterocycles. The van der Waals surface area contributed by atoms with E-state index in [1.54, 1.807) is 13.2 Å². The van der Waals surface area contributed by atoms with E-state index in [0.29, 0.717) is 50.0 Å². The van der Waals surface area contributed by atoms with Crippen molar-refractivity contribution in [2.24, 2.45) is 0 Å². The average molecular weight is 466 g/mol. The van der Waals surface area contributed by atoms with Gasteiger partial charge in [-0.1, -0.05) is 18.7 Å². The summed E-state index contributed by atoms with van der Waals surface area (Å²) in [4.78, 5) is 19.8. The minimum Gasteiger partial charge on any atom is -0.486 e. The van der Waals surface area contributed by atoms with Crippen molar-refractivity contribution in [3.8, 4) is 11.5 Å². The molecule has 0 saturated carbocycles. The number of hydrogen-bond donors (Lipinski definition) is 0. The van der Waals surface area contributed by atoms with Crippen LogP contribution in [0.4, 0.5) is 0 Å². The van der Waals surface area contributed by atoms with Crippen molar-refractivity contribution in [1.29, 1.82) is 0 Å². The van der Waals surface area contributed by atoms with Gasteiger partial charge in [0, 0.05) is 44.7 Å². The number of likely N-dealkylation sites (tertiary alicyclic amines) is 1. The summed E-state index contributed by atoms with van der Waals surface area (Å²) in [7, 11) is 3.85. The topological polar surface area (TPSA) is 54.5 Å². The average Bonchev–Trinajstić information content (AvgIpc) is 2.88. The van der Waals surface area contributed by atoms with Gasteiger partial charge in [0.25, 0.3) is 5.91 Å². The molecule has 4 rings (SSSR count). The molecule has 1 aromatic rings. The van der Waals surface area contributed by atoms with Gasteiger partial charge in [-0.05, 0) is 51.0 Å². The summed E-state index contributed by atoms with van der Waals surface area (Å²) < 4.78 is 16.6. The molecular formula is C27H35N3O4. The minimum absolute atomic E-state index is 0.0252. The van der Waals surface area contributed by atoms with E-state index in [4.69, 9.17) is 14.2 Å². The second-order valence-corrected chi connectivity index (χ2v) is 8.69. The molecule has 0 N–H and O–H groups in total. The minimum atomic E-state index is -0.237. The molecule has 3 heterocycles. The molecule has 1 spiro atoms. The van der Waals surface area contributed by atoms with Gasteiger partial charge in [-0.25, -0.2) is 0 Å². The Bertz CT molecular complexity index is 1030. The standard InChI is InChI=1S/C27H35N3O4/c1-6-21-22(11-16-32-5)28(4)27(25(7-2)30(21)8-3)12-14-29(15-13-27)26(31)20-9-10-23-24(19-20)34-18-17-33-23/h6-11,19H,3,12-18H2,1-2,4-5H3/b21-6+,22-11+,25-7-. The molecule has 2 saturated heterocycles. The Morgan fingerprint density at radius 2 is 1.82 bits per heavy atom. The van der Waals surface area contributed by atoms with Crippen molar-refractivity contribution in [3.63, 3.8) is 0 Å². The van der Waals surface area contributed by atoms with Gasteiger partial charge in [-0.2, -0.15) is 0 Å². The number of ether oxygens (including phenoxy) is 3. The number of amides is 1. The monoisotopic (exact) mass is 465 g/mol. The first-order chi connectivity index (χ1) is 16.5. The summed E-state index contributed by atoms with van der Waals surface area (Å²) in [6, 6.07) is 5.45. The summed E-state index contributed by atoms with van der Waals surface area (Å²) >= 11 is 0. The Balaban J connectivity index is 1.59. The van der Waals surface area contributed by atoms with Crippen LogP contribution in [0.3, 0.4) is 0 Å². The number of hydrogen-bond acceptors (Lipinski definition) is 6. The van der Waals surface area contributed by atoms with Crippen molar-refractivity contribution in [2.45, 2.75) is 32.2 Å². The molecule has 7 nitrogen and oxygen atoms in total. The van der Waals surface area contributed by atoms with Gasteiger partial charge in [0.05, 0.1) is 23.5 Å². The molecule has 3 aliphatic rings. The SMILES string of the molecule is C=CN1/C(=C\C)C2(CCN(C(=O)c3ccc4c(c3)OCCO4)CC2)N(C)C(=C/COC)/C1=C\C. The molecule has 182 valence electrons. The largest absolute Gasteiger partial charge is 0.486 e. The first-order valence-corrected chi connectivity index (χ1v) is 11.9. The van der Waals surface area contributed by atoms with Crippen LogP contribution in [-0.4, -0.2) is 73.2 Å². The number of allylic oxidation sites excluding steroid dienone is 2. The number of nitrogens with zero attached hydrogens (tertiary/aromatic N) is 3. The normalized spacial score (nSPS) is 23.2. The van der Waals surface area contributed by atoms with E-state index in [0.717, 1.165) is 24.2 Å². The number of piperidine rings is 1. The number of fused-ring (bicyclic) bond motifs is 1. The zero-order chi connectivity index (χ0) is 24.3. The maximum atomic E-state index is 13.4. The molecule has 2 fully saturated rings. The van der Waals surface area contributed by atoms with Gasteiger partial charge in [0.2, 0.25) is 0 Å². The van der Waals surface area contributed by atoms with E-state index in [1.807, 2.05) is 30.2 Å². The van der Waals surface area contributed by atoms with Crippen LogP contribution in [0, 0.1) is 0 Å². The Hall–Kier alpha value is -3.19. The predicted octanol–water partition coefficient (Wildman–Crippen LogP) is 4.16. The predicted molar refractivity (Wildman–Crippen MR) is 133 cm³/mol. The molecule has 34 heavy (non-hydrogen) atoms. The van der Waals surface area contributed by atoms with Crippen LogP contribution in [0.1, 0.15) is 37.0 Å². The Labute approximate surface area is 202 Å². The van der Waals surface area contributed by atoms with Crippen molar-refractivity contribution in [2.75, 3.05) is 47.1 Å². The van der Waals surface area contributed by atoms with Crippen molar-refractivity contribution >= 4 is 5.91 Å². The van der Waals surface area contributed by atoms with E-state index in [2.05, 4.69) is 48.6 Å². The zero-order valence-electron chi connectivity index (χ0n) is 20.7. The summed E-state index contributed by atoms with van der Waals surface area (Å²) in [5.41, 5.74) is 3.79. The lowest BCUT2D eigenvalue weighted by atomic mass is 9.78. The smallest absolute Gasteiger partial charge is 0.253 e. The summed E-state index contributed by atoms with van der Waals surface area (Å²) in [6.07, 6.45) is 9.90. The van der Waals surface area contributed by atoms with E-state index >= 15 is 0 Å². The molecular weight excluding hydrogens is 430 g/mol. The lowest BCUT2D eigenvalue weighted by Crippen LogP contribution is -2.61. The highest BCUT2D eigenvalue weighted by Crippen LogP contribution is 2.46. The van der Waals surface area contributed by atoms with Gasteiger partial charge < -0.3 is 28.9 Å². The van der Waals surface area contributed by atoms with Gasteiger partial charge in [-0.3, -0.25) is 4.79 Å². The summed E-state index contributed by atoms with van der Waals surface area (Å²) in [6.45, 7) is 11.1. The lowest BCUT2D eigenvalue weighted by molar-refractivity contribution is 0.0444. The molecule has 0 atom stereocenters. The van der Waals surface area contributed by atoms with Crippen LogP contribution in [0.15, 0.2) is 66.3 Å². The van der Waals surface area contributed by atoms with E-state index in [-0.39, 0.29) is 11.4 Å². The molecule has 0 radical (unpaired) electrons. The molecule has 0 bridgehead atoms. The van der Waals surface area contributed by atoms with Crippen molar-refractivity contribution in [3.05, 3.63) is 71.9 Å². The molecule has 7 heteroatoms. The second-order valence-electron chi connectivity index (χ2n) is 8.69. The molecule has 3 aliphatic heterocycles. The van der Waals surface area contributed by atoms with E-state index < -0.39 is 0 Å². The van der Waals surface area contributed by atoms with Crippen LogP contribution in [0.2, 0.25) is 0 Å². The van der Waals surface area contributed by atoms with E-state index in [1.165, 1.54) is 5.70 Å². The molecule has 0 aliphatic carbocycles. The van der Waals surface area contributed by atoms with Crippen LogP contribution < -0.4 is 9.47 Å². The maximum Gasteiger partial charge on any atom is 0.253 e. The fourth-order valence-corrected chi connectivity index (χ4v) is 5.38. The van der Waals surface area contributed by atoms with Crippen LogP contribution in [0.25, 0.3) is 0 Å². The quantitative estimate of drug-likeness (QED) is 0.666. The summed E-state index contributed by atoms with van der Waals surface area (Å²) in [5, 5.41) is 0. The fourth-order valence-electron chi connectivity index (χ4n) is 5.38. The fraction of sp³-hybridized carbons (Fsp3) is 0.444. The molecule has 0 unspecified atom stereocenters. The highest BCUT2D eigenvalue weighted by Gasteiger charge is 2.48. The first kappa shape index (κ1) is 24.0. The molecule has 1 aromatic carbocycles. The Morgan fingerprint density at radius 3 is 2.44 bits per heavy atom. The van der Waals surface area contributed by atoms with E-state index in [9.17, 15) is 4.79 Å². The van der Waals surface area contributed by atoms with Crippen molar-refractivity contribution in [1.82, 2.24) is 14.7 Å². The first-order valence-electron chi connectivity index (χ1n) is 11.9. The van der Waals surface area contributed by atoms with Crippen LogP contribution in [0.5, 0.6) is 11.5 Å². The third-order valence-electron chi connectivity index (χ3n) is 7.10. The number of carbonyl (C=O) groups is 1. The van der Waals surface area contributed by atoms with Gasteiger partial charge in [0.1, 0.15) is 13.2 Å². The van der Waals surface area contributed by atoms with Gasteiger partial charge in [-0.15, -0.1) is 0 Å². The number of likely N-dealkylation sites (N-methyl/N-ethyl adjacent to an activating group) is 1. The highest BCUT2D eigenvalue weighted by atomic mass is 16.6. The summed E-state index contributed by atoms with van der Waals surface area (Å²) in [5.74, 6) is 1.36. The third-order valence-corrected chi connectivity index (χ3v) is 7.10. The Kier molecular flexibility index (Phi) is 7.03. The second kappa shape index (κ2) is 9.97. The number of piperazine rings is 1. The van der Waals surface area contributed by atoms with Crippen LogP contribution >= 0.6 is 0 Å². The third kappa shape index (κ3) is 3.98. The van der Waals surface area contributed by atoms with Gasteiger partial charge in [0.15, 0.2) is 11.5 Å². The van der Waals surface area contributed by atoms with Crippen LogP contribution in [-0.2, 0) is 4.74 Å². The Morgan fingerprint density at radius 1 is 1.12 bits per heavy atom.